The zero-order valence-corrected chi connectivity index (χ0v) is 13.7. The van der Waals surface area contributed by atoms with Gasteiger partial charge in [0.1, 0.15) is 15.8 Å². The Morgan fingerprint density at radius 3 is 2.86 bits per heavy atom. The third-order valence-electron chi connectivity index (χ3n) is 2.87. The Labute approximate surface area is 132 Å². The molecule has 112 valence electrons. The molecule has 2 heterocycles. The Morgan fingerprint density at radius 1 is 1.52 bits per heavy atom. The number of rotatable bonds is 4. The molecular formula is C14H16FN3OS2. The van der Waals surface area contributed by atoms with Crippen molar-refractivity contribution in [2.45, 2.75) is 25.5 Å². The van der Waals surface area contributed by atoms with Gasteiger partial charge in [0.2, 0.25) is 5.91 Å². The summed E-state index contributed by atoms with van der Waals surface area (Å²) in [7, 11) is 1.71. The number of pyridine rings is 1. The van der Waals surface area contributed by atoms with Crippen LogP contribution >= 0.6 is 24.0 Å². The molecule has 1 atom stereocenters. The van der Waals surface area contributed by atoms with Crippen molar-refractivity contribution in [3.05, 3.63) is 30.0 Å². The maximum atomic E-state index is 13.2. The molecule has 2 aromatic rings. The van der Waals surface area contributed by atoms with E-state index in [0.717, 1.165) is 16.9 Å². The van der Waals surface area contributed by atoms with Crippen LogP contribution in [0.25, 0.3) is 10.6 Å². The van der Waals surface area contributed by atoms with Gasteiger partial charge in [0.05, 0.1) is 11.9 Å². The van der Waals surface area contributed by atoms with Crippen LogP contribution in [0, 0.1) is 12.7 Å². The van der Waals surface area contributed by atoms with Crippen LogP contribution in [0.4, 0.5) is 9.39 Å². The Bertz CT molecular complexity index is 657. The normalized spacial score (nSPS) is 12.2. The topological polar surface area (TPSA) is 46.1 Å². The fraction of sp³-hybridized carbons (Fsp3) is 0.357. The summed E-state index contributed by atoms with van der Waals surface area (Å²) in [6, 6.07) is 1.38. The molecule has 0 radical (unpaired) electrons. The molecule has 0 aromatic carbocycles. The molecule has 0 aliphatic carbocycles. The van der Waals surface area contributed by atoms with Crippen LogP contribution in [0.3, 0.4) is 0 Å². The monoisotopic (exact) mass is 325 g/mol. The third kappa shape index (κ3) is 3.79. The fourth-order valence-electron chi connectivity index (χ4n) is 1.85. The number of thiazole rings is 1. The number of nitrogens with zero attached hydrogens (tertiary/aromatic N) is 3. The van der Waals surface area contributed by atoms with Crippen molar-refractivity contribution < 1.29 is 9.18 Å². The summed E-state index contributed by atoms with van der Waals surface area (Å²) in [6.07, 6.45) is 3.06. The second kappa shape index (κ2) is 6.53. The SMILES string of the molecule is Cc1nc(-c2cncc(F)c2)sc1N(C)C(=O)CC(C)S. The number of carbonyl (C=O) groups is 1. The predicted octanol–water partition coefficient (Wildman–Crippen LogP) is 3.32. The highest BCUT2D eigenvalue weighted by Crippen LogP contribution is 2.34. The Hall–Kier alpha value is -1.47. The van der Waals surface area contributed by atoms with Crippen molar-refractivity contribution in [2.24, 2.45) is 0 Å². The lowest BCUT2D eigenvalue weighted by molar-refractivity contribution is -0.118. The van der Waals surface area contributed by atoms with Gasteiger partial charge in [-0.2, -0.15) is 12.6 Å². The molecule has 2 aromatic heterocycles. The van der Waals surface area contributed by atoms with Crippen LogP contribution in [-0.4, -0.2) is 28.2 Å². The number of thiol groups is 1. The first-order valence-corrected chi connectivity index (χ1v) is 7.74. The molecule has 1 amide bonds. The summed E-state index contributed by atoms with van der Waals surface area (Å²) in [5, 5.41) is 1.40. The lowest BCUT2D eigenvalue weighted by Crippen LogP contribution is -2.27. The number of aryl methyl sites for hydroxylation is 1. The van der Waals surface area contributed by atoms with Crippen molar-refractivity contribution in [2.75, 3.05) is 11.9 Å². The summed E-state index contributed by atoms with van der Waals surface area (Å²) < 4.78 is 13.2. The van der Waals surface area contributed by atoms with Gasteiger partial charge < -0.3 is 4.90 Å². The molecule has 0 bridgehead atoms. The average molecular weight is 325 g/mol. The van der Waals surface area contributed by atoms with E-state index < -0.39 is 5.82 Å². The molecule has 0 aliphatic rings. The Kier molecular flexibility index (Phi) is 4.95. The van der Waals surface area contributed by atoms with E-state index in [-0.39, 0.29) is 11.2 Å². The summed E-state index contributed by atoms with van der Waals surface area (Å²) >= 11 is 5.58. The summed E-state index contributed by atoms with van der Waals surface area (Å²) in [6.45, 7) is 3.70. The first-order chi connectivity index (χ1) is 9.88. The largest absolute Gasteiger partial charge is 0.305 e. The molecule has 7 heteroatoms. The first-order valence-electron chi connectivity index (χ1n) is 6.41. The van der Waals surface area contributed by atoms with Crippen LogP contribution in [-0.2, 0) is 4.79 Å². The maximum absolute atomic E-state index is 13.2. The lowest BCUT2D eigenvalue weighted by Gasteiger charge is -2.16. The van der Waals surface area contributed by atoms with E-state index in [4.69, 9.17) is 0 Å². The van der Waals surface area contributed by atoms with Gasteiger partial charge in [-0.05, 0) is 13.0 Å². The minimum absolute atomic E-state index is 0.0000622. The van der Waals surface area contributed by atoms with Gasteiger partial charge in [-0.1, -0.05) is 18.3 Å². The highest BCUT2D eigenvalue weighted by Gasteiger charge is 2.19. The first kappa shape index (κ1) is 15.9. The van der Waals surface area contributed by atoms with Gasteiger partial charge in [0.15, 0.2) is 0 Å². The van der Waals surface area contributed by atoms with Crippen LogP contribution in [0.15, 0.2) is 18.5 Å². The van der Waals surface area contributed by atoms with Crippen molar-refractivity contribution in [3.8, 4) is 10.6 Å². The van der Waals surface area contributed by atoms with Crippen molar-refractivity contribution in [1.29, 1.82) is 0 Å². The zero-order chi connectivity index (χ0) is 15.6. The van der Waals surface area contributed by atoms with Crippen LogP contribution < -0.4 is 4.90 Å². The quantitative estimate of drug-likeness (QED) is 0.877. The number of carbonyl (C=O) groups excluding carboxylic acids is 1. The number of hydrogen-bond donors (Lipinski definition) is 1. The smallest absolute Gasteiger partial charge is 0.228 e. The molecule has 1 unspecified atom stereocenters. The van der Waals surface area contributed by atoms with Gasteiger partial charge in [0.25, 0.3) is 0 Å². The Morgan fingerprint density at radius 2 is 2.24 bits per heavy atom. The van der Waals surface area contributed by atoms with Crippen LogP contribution in [0.2, 0.25) is 0 Å². The van der Waals surface area contributed by atoms with E-state index in [0.29, 0.717) is 17.0 Å². The molecule has 4 nitrogen and oxygen atoms in total. The van der Waals surface area contributed by atoms with E-state index in [1.807, 2.05) is 13.8 Å². The molecule has 0 aliphatic heterocycles. The van der Waals surface area contributed by atoms with E-state index in [1.54, 1.807) is 18.1 Å². The summed E-state index contributed by atoms with van der Waals surface area (Å²) in [5.41, 5.74) is 1.35. The van der Waals surface area contributed by atoms with Gasteiger partial charge in [-0.15, -0.1) is 0 Å². The maximum Gasteiger partial charge on any atom is 0.228 e. The van der Waals surface area contributed by atoms with E-state index in [2.05, 4.69) is 22.6 Å². The molecular weight excluding hydrogens is 309 g/mol. The molecule has 0 saturated carbocycles. The number of anilines is 1. The van der Waals surface area contributed by atoms with Crippen LogP contribution in [0.1, 0.15) is 19.0 Å². The summed E-state index contributed by atoms with van der Waals surface area (Å²) in [5.74, 6) is -0.427. The van der Waals surface area contributed by atoms with Gasteiger partial charge in [-0.25, -0.2) is 9.37 Å². The predicted molar refractivity (Wildman–Crippen MR) is 86.5 cm³/mol. The number of halogens is 1. The third-order valence-corrected chi connectivity index (χ3v) is 4.34. The average Bonchev–Trinajstić information content (AvgIpc) is 2.79. The standard InChI is InChI=1S/C14H16FN3OS2/c1-8(20)4-12(19)18(3)14-9(2)17-13(21-14)10-5-11(15)7-16-6-10/h5-8,20H,4H2,1-3H3. The molecule has 0 spiro atoms. The molecule has 2 rings (SSSR count). The second-order valence-corrected chi connectivity index (χ2v) is 6.67. The van der Waals surface area contributed by atoms with E-state index in [1.165, 1.54) is 17.4 Å². The van der Waals surface area contributed by atoms with E-state index in [9.17, 15) is 9.18 Å². The molecule has 0 saturated heterocycles. The summed E-state index contributed by atoms with van der Waals surface area (Å²) in [4.78, 5) is 21.9. The van der Waals surface area contributed by atoms with Gasteiger partial charge >= 0.3 is 0 Å². The van der Waals surface area contributed by atoms with Crippen molar-refractivity contribution in [1.82, 2.24) is 9.97 Å². The van der Waals surface area contributed by atoms with Crippen molar-refractivity contribution in [3.63, 3.8) is 0 Å². The number of hydrogen-bond acceptors (Lipinski definition) is 5. The number of amides is 1. The van der Waals surface area contributed by atoms with Crippen LogP contribution in [0.5, 0.6) is 0 Å². The number of aromatic nitrogens is 2. The minimum Gasteiger partial charge on any atom is -0.305 e. The van der Waals surface area contributed by atoms with Gasteiger partial charge in [-0.3, -0.25) is 9.78 Å². The highest BCUT2D eigenvalue weighted by atomic mass is 32.1. The molecule has 0 N–H and O–H groups in total. The lowest BCUT2D eigenvalue weighted by atomic mass is 10.3. The Balaban J connectivity index is 2.29. The minimum atomic E-state index is -0.407. The van der Waals surface area contributed by atoms with E-state index >= 15 is 0 Å². The van der Waals surface area contributed by atoms with Crippen molar-refractivity contribution >= 4 is 34.9 Å². The zero-order valence-electron chi connectivity index (χ0n) is 12.0. The fourth-order valence-corrected chi connectivity index (χ4v) is 3.04. The van der Waals surface area contributed by atoms with Gasteiger partial charge in [0, 0.05) is 30.5 Å². The molecule has 0 fully saturated rings. The second-order valence-electron chi connectivity index (χ2n) is 4.81. The molecule has 21 heavy (non-hydrogen) atoms. The highest BCUT2D eigenvalue weighted by molar-refractivity contribution is 7.80.